The van der Waals surface area contributed by atoms with E-state index in [1.165, 1.54) is 18.6 Å². The molecule has 1 aliphatic rings. The summed E-state index contributed by atoms with van der Waals surface area (Å²) in [7, 11) is -3.68. The first-order chi connectivity index (χ1) is 14.4. The second-order valence-corrected chi connectivity index (χ2v) is 9.51. The number of carbonyl (C=O) groups excluding carboxylic acids is 1. The minimum atomic E-state index is -3.68. The lowest BCUT2D eigenvalue weighted by molar-refractivity contribution is -0.123. The fourth-order valence-corrected chi connectivity index (χ4v) is 6.08. The van der Waals surface area contributed by atoms with Crippen LogP contribution in [0.2, 0.25) is 0 Å². The first-order valence-electron chi connectivity index (χ1n) is 10.7. The Balaban J connectivity index is 2.32. The van der Waals surface area contributed by atoms with E-state index in [4.69, 9.17) is 9.05 Å². The van der Waals surface area contributed by atoms with E-state index < -0.39 is 19.2 Å². The van der Waals surface area contributed by atoms with Crippen LogP contribution in [0.15, 0.2) is 36.9 Å². The quantitative estimate of drug-likeness (QED) is 0.365. The Labute approximate surface area is 179 Å². The summed E-state index contributed by atoms with van der Waals surface area (Å²) in [4.78, 5) is 14.5. The van der Waals surface area contributed by atoms with Gasteiger partial charge in [0.2, 0.25) is 5.91 Å². The van der Waals surface area contributed by atoms with E-state index in [-0.39, 0.29) is 31.7 Å². The Kier molecular flexibility index (Phi) is 10.2. The first-order valence-corrected chi connectivity index (χ1v) is 12.3. The molecule has 0 spiro atoms. The number of benzene rings is 1. The lowest BCUT2D eigenvalue weighted by atomic mass is 9.95. The molecule has 2 rings (SSSR count). The summed E-state index contributed by atoms with van der Waals surface area (Å²) in [5.41, 5.74) is 0.564. The zero-order valence-corrected chi connectivity index (χ0v) is 18.9. The van der Waals surface area contributed by atoms with Gasteiger partial charge in [0, 0.05) is 12.6 Å². The van der Waals surface area contributed by atoms with E-state index in [1.807, 2.05) is 0 Å². The van der Waals surface area contributed by atoms with Gasteiger partial charge in [0.15, 0.2) is 0 Å². The Bertz CT molecular complexity index is 712. The number of hydrogen-bond donors (Lipinski definition) is 1. The summed E-state index contributed by atoms with van der Waals surface area (Å²) in [6.07, 6.45) is 7.03. The maximum absolute atomic E-state index is 13.7. The molecule has 30 heavy (non-hydrogen) atoms. The summed E-state index contributed by atoms with van der Waals surface area (Å²) in [5.74, 6) is -1.39. The maximum atomic E-state index is 13.7. The van der Waals surface area contributed by atoms with Crippen molar-refractivity contribution in [1.82, 2.24) is 10.2 Å². The lowest BCUT2D eigenvalue weighted by Crippen LogP contribution is -2.44. The molecule has 1 amide bonds. The third-order valence-corrected chi connectivity index (χ3v) is 7.57. The Morgan fingerprint density at radius 1 is 1.23 bits per heavy atom. The standard InChI is InChI=1S/C22H34FN2O4P/c1-4-16-25(17-21(26)24-20-10-8-7-9-11-20)22(18-12-14-19(23)15-13-18)30(27,28-5-2)29-6-3/h4,12-15,20,22H,1,5-11,16-17H2,2-3H3,(H,24,26). The molecule has 1 saturated carbocycles. The van der Waals surface area contributed by atoms with Gasteiger partial charge in [-0.05, 0) is 44.4 Å². The molecule has 0 aromatic heterocycles. The lowest BCUT2D eigenvalue weighted by Gasteiger charge is -2.35. The van der Waals surface area contributed by atoms with E-state index in [0.29, 0.717) is 12.1 Å². The van der Waals surface area contributed by atoms with Gasteiger partial charge in [-0.2, -0.15) is 0 Å². The fourth-order valence-electron chi connectivity index (χ4n) is 3.89. The monoisotopic (exact) mass is 440 g/mol. The van der Waals surface area contributed by atoms with Crippen molar-refractivity contribution >= 4 is 13.5 Å². The molecule has 1 unspecified atom stereocenters. The molecule has 1 aliphatic carbocycles. The molecular weight excluding hydrogens is 406 g/mol. The molecule has 168 valence electrons. The number of nitrogens with one attached hydrogen (secondary N) is 1. The molecule has 0 heterocycles. The van der Waals surface area contributed by atoms with Crippen molar-refractivity contribution in [2.24, 2.45) is 0 Å². The predicted octanol–water partition coefficient (Wildman–Crippen LogP) is 5.03. The molecule has 1 fully saturated rings. The van der Waals surface area contributed by atoms with Crippen LogP contribution in [-0.2, 0) is 18.4 Å². The number of amides is 1. The molecule has 1 aromatic carbocycles. The number of halogens is 1. The Morgan fingerprint density at radius 2 is 1.83 bits per heavy atom. The van der Waals surface area contributed by atoms with Crippen LogP contribution in [0.5, 0.6) is 0 Å². The second kappa shape index (κ2) is 12.4. The van der Waals surface area contributed by atoms with Gasteiger partial charge in [-0.3, -0.25) is 14.3 Å². The van der Waals surface area contributed by atoms with Crippen molar-refractivity contribution in [3.8, 4) is 0 Å². The molecule has 6 nitrogen and oxygen atoms in total. The Morgan fingerprint density at radius 3 is 2.37 bits per heavy atom. The molecule has 8 heteroatoms. The van der Waals surface area contributed by atoms with Gasteiger partial charge in [0.1, 0.15) is 11.6 Å². The van der Waals surface area contributed by atoms with Crippen molar-refractivity contribution in [1.29, 1.82) is 0 Å². The van der Waals surface area contributed by atoms with Crippen LogP contribution in [0.4, 0.5) is 4.39 Å². The summed E-state index contributed by atoms with van der Waals surface area (Å²) in [5, 5.41) is 3.09. The number of nitrogens with zero attached hydrogens (tertiary/aromatic N) is 1. The number of hydrogen-bond acceptors (Lipinski definition) is 5. The van der Waals surface area contributed by atoms with Crippen molar-refractivity contribution < 1.29 is 22.8 Å². The van der Waals surface area contributed by atoms with Crippen molar-refractivity contribution in [3.05, 3.63) is 48.3 Å². The van der Waals surface area contributed by atoms with E-state index in [1.54, 1.807) is 37.0 Å². The van der Waals surface area contributed by atoms with Crippen LogP contribution < -0.4 is 5.32 Å². The summed E-state index contributed by atoms with van der Waals surface area (Å²) in [6.45, 7) is 7.93. The van der Waals surface area contributed by atoms with E-state index in [2.05, 4.69) is 11.9 Å². The third kappa shape index (κ3) is 7.02. The molecule has 1 aromatic rings. The summed E-state index contributed by atoms with van der Waals surface area (Å²) in [6, 6.07) is 5.89. The highest BCUT2D eigenvalue weighted by Gasteiger charge is 2.41. The van der Waals surface area contributed by atoms with Gasteiger partial charge in [-0.15, -0.1) is 6.58 Å². The minimum absolute atomic E-state index is 0.00863. The third-order valence-electron chi connectivity index (χ3n) is 5.11. The van der Waals surface area contributed by atoms with Crippen LogP contribution in [0.3, 0.4) is 0 Å². The molecule has 1 atom stereocenters. The molecule has 0 radical (unpaired) electrons. The zero-order chi connectivity index (χ0) is 22.0. The van der Waals surface area contributed by atoms with Crippen molar-refractivity contribution in [2.45, 2.75) is 57.8 Å². The van der Waals surface area contributed by atoms with Crippen LogP contribution in [0.25, 0.3) is 0 Å². The van der Waals surface area contributed by atoms with Gasteiger partial charge in [0.25, 0.3) is 0 Å². The number of carbonyl (C=O) groups is 1. The molecule has 0 aliphatic heterocycles. The normalized spacial score (nSPS) is 16.4. The molecule has 1 N–H and O–H groups in total. The smallest absolute Gasteiger partial charge is 0.352 e. The maximum Gasteiger partial charge on any atom is 0.352 e. The topological polar surface area (TPSA) is 67.9 Å². The van der Waals surface area contributed by atoms with Crippen LogP contribution in [0.1, 0.15) is 57.3 Å². The largest absolute Gasteiger partial charge is 0.352 e. The SMILES string of the molecule is C=CCN(CC(=O)NC1CCCCC1)C(c1ccc(F)cc1)P(=O)(OCC)OCC. The van der Waals surface area contributed by atoms with Gasteiger partial charge in [-0.25, -0.2) is 4.39 Å². The highest BCUT2D eigenvalue weighted by Crippen LogP contribution is 2.62. The Hall–Kier alpha value is -1.53. The van der Waals surface area contributed by atoms with Gasteiger partial charge in [0.05, 0.1) is 19.8 Å². The molecule has 0 bridgehead atoms. The van der Waals surface area contributed by atoms with Gasteiger partial charge in [-0.1, -0.05) is 37.5 Å². The first kappa shape index (κ1) is 24.7. The fraction of sp³-hybridized carbons (Fsp3) is 0.591. The average molecular weight is 440 g/mol. The minimum Gasteiger partial charge on any atom is -0.352 e. The highest BCUT2D eigenvalue weighted by molar-refractivity contribution is 7.54. The van der Waals surface area contributed by atoms with Crippen LogP contribution in [-0.4, -0.2) is 43.2 Å². The van der Waals surface area contributed by atoms with Crippen LogP contribution >= 0.6 is 7.60 Å². The summed E-state index contributed by atoms with van der Waals surface area (Å²) >= 11 is 0. The van der Waals surface area contributed by atoms with Gasteiger partial charge >= 0.3 is 7.60 Å². The van der Waals surface area contributed by atoms with Gasteiger partial charge < -0.3 is 14.4 Å². The zero-order valence-electron chi connectivity index (χ0n) is 18.0. The van der Waals surface area contributed by atoms with Crippen LogP contribution in [0, 0.1) is 5.82 Å². The molecule has 0 saturated heterocycles. The summed E-state index contributed by atoms with van der Waals surface area (Å²) < 4.78 is 38.5. The second-order valence-electron chi connectivity index (χ2n) is 7.42. The van der Waals surface area contributed by atoms with E-state index in [9.17, 15) is 13.8 Å². The molecular formula is C22H34FN2O4P. The highest BCUT2D eigenvalue weighted by atomic mass is 31.2. The average Bonchev–Trinajstić information content (AvgIpc) is 2.71. The van der Waals surface area contributed by atoms with Crippen molar-refractivity contribution in [2.75, 3.05) is 26.3 Å². The number of rotatable bonds is 12. The van der Waals surface area contributed by atoms with Crippen molar-refractivity contribution in [3.63, 3.8) is 0 Å². The van der Waals surface area contributed by atoms with E-state index in [0.717, 1.165) is 25.7 Å². The van der Waals surface area contributed by atoms with E-state index >= 15 is 0 Å². The predicted molar refractivity (Wildman–Crippen MR) is 117 cm³/mol.